The highest BCUT2D eigenvalue weighted by molar-refractivity contribution is 5.73. The predicted octanol–water partition coefficient (Wildman–Crippen LogP) is 1.74. The highest BCUT2D eigenvalue weighted by Gasteiger charge is 2.08. The van der Waals surface area contributed by atoms with Crippen molar-refractivity contribution in [3.63, 3.8) is 0 Å². The van der Waals surface area contributed by atoms with Gasteiger partial charge in [0.25, 0.3) is 0 Å². The summed E-state index contributed by atoms with van der Waals surface area (Å²) in [6, 6.07) is 11.3. The first kappa shape index (κ1) is 12.8. The Kier molecular flexibility index (Phi) is 3.92. The highest BCUT2D eigenvalue weighted by Crippen LogP contribution is 2.17. The second-order valence-electron chi connectivity index (χ2n) is 4.00. The van der Waals surface area contributed by atoms with Crippen LogP contribution in [-0.2, 0) is 4.79 Å². The van der Waals surface area contributed by atoms with Crippen molar-refractivity contribution in [3.8, 4) is 0 Å². The number of hydrogen-bond donors (Lipinski definition) is 2. The minimum absolute atomic E-state index is 0.109. The Bertz CT molecular complexity index is 560. The quantitative estimate of drug-likeness (QED) is 0.850. The Morgan fingerprint density at radius 2 is 2.05 bits per heavy atom. The molecule has 0 spiro atoms. The van der Waals surface area contributed by atoms with Crippen LogP contribution in [0.1, 0.15) is 0 Å². The van der Waals surface area contributed by atoms with Crippen LogP contribution in [0.4, 0.5) is 17.3 Å². The number of benzene rings is 1. The van der Waals surface area contributed by atoms with Gasteiger partial charge in [-0.3, -0.25) is 4.79 Å². The molecule has 0 aliphatic rings. The topological polar surface area (TPSA) is 78.4 Å². The standard InChI is InChI=1S/C13H14N4O2/c1-17(8-13(18)19)12-7-11(14-9-15-12)16-10-5-3-2-4-6-10/h2-7,9H,8H2,1H3,(H,18,19)(H,14,15,16). The summed E-state index contributed by atoms with van der Waals surface area (Å²) >= 11 is 0. The van der Waals surface area contributed by atoms with Gasteiger partial charge in [0.05, 0.1) is 0 Å². The fourth-order valence-corrected chi connectivity index (χ4v) is 1.58. The van der Waals surface area contributed by atoms with Crippen molar-refractivity contribution in [3.05, 3.63) is 42.7 Å². The molecule has 0 radical (unpaired) electrons. The third-order valence-electron chi connectivity index (χ3n) is 2.46. The molecular weight excluding hydrogens is 244 g/mol. The molecule has 98 valence electrons. The number of aliphatic carboxylic acids is 1. The first-order valence-corrected chi connectivity index (χ1v) is 5.72. The zero-order chi connectivity index (χ0) is 13.7. The molecule has 0 saturated heterocycles. The largest absolute Gasteiger partial charge is 0.480 e. The molecule has 2 N–H and O–H groups in total. The molecule has 0 fully saturated rings. The van der Waals surface area contributed by atoms with Crippen LogP contribution >= 0.6 is 0 Å². The Labute approximate surface area is 110 Å². The molecule has 1 heterocycles. The fourth-order valence-electron chi connectivity index (χ4n) is 1.58. The van der Waals surface area contributed by atoms with Gasteiger partial charge in [0.1, 0.15) is 24.5 Å². The second-order valence-corrected chi connectivity index (χ2v) is 4.00. The van der Waals surface area contributed by atoms with Gasteiger partial charge in [-0.15, -0.1) is 0 Å². The molecule has 6 heteroatoms. The van der Waals surface area contributed by atoms with Crippen molar-refractivity contribution < 1.29 is 9.90 Å². The monoisotopic (exact) mass is 258 g/mol. The molecule has 0 atom stereocenters. The molecule has 6 nitrogen and oxygen atoms in total. The van der Waals surface area contributed by atoms with Crippen molar-refractivity contribution in [2.24, 2.45) is 0 Å². The lowest BCUT2D eigenvalue weighted by Crippen LogP contribution is -2.26. The van der Waals surface area contributed by atoms with E-state index in [-0.39, 0.29) is 6.54 Å². The van der Waals surface area contributed by atoms with Gasteiger partial charge >= 0.3 is 5.97 Å². The maximum Gasteiger partial charge on any atom is 0.323 e. The number of aromatic nitrogens is 2. The number of hydrogen-bond acceptors (Lipinski definition) is 5. The number of anilines is 3. The van der Waals surface area contributed by atoms with Crippen LogP contribution in [0.2, 0.25) is 0 Å². The number of nitrogens with zero attached hydrogens (tertiary/aromatic N) is 3. The number of carboxylic acid groups (broad SMARTS) is 1. The molecule has 0 unspecified atom stereocenters. The summed E-state index contributed by atoms with van der Waals surface area (Å²) in [6.07, 6.45) is 1.40. The number of nitrogens with one attached hydrogen (secondary N) is 1. The normalized spacial score (nSPS) is 9.95. The Morgan fingerprint density at radius 1 is 1.32 bits per heavy atom. The molecule has 0 saturated carbocycles. The third-order valence-corrected chi connectivity index (χ3v) is 2.46. The zero-order valence-electron chi connectivity index (χ0n) is 10.4. The summed E-state index contributed by atoms with van der Waals surface area (Å²) in [5, 5.41) is 11.9. The molecule has 1 aromatic heterocycles. The highest BCUT2D eigenvalue weighted by atomic mass is 16.4. The van der Waals surface area contributed by atoms with Gasteiger partial charge in [0.15, 0.2) is 0 Å². The zero-order valence-corrected chi connectivity index (χ0v) is 10.4. The van der Waals surface area contributed by atoms with Gasteiger partial charge in [-0.05, 0) is 12.1 Å². The van der Waals surface area contributed by atoms with Crippen LogP contribution in [0.15, 0.2) is 42.7 Å². The Hall–Kier alpha value is -2.63. The first-order chi connectivity index (χ1) is 9.15. The van der Waals surface area contributed by atoms with E-state index in [4.69, 9.17) is 5.11 Å². The Morgan fingerprint density at radius 3 is 2.74 bits per heavy atom. The van der Waals surface area contributed by atoms with Crippen molar-refractivity contribution in [2.45, 2.75) is 0 Å². The maximum absolute atomic E-state index is 10.7. The number of carboxylic acids is 1. The van der Waals surface area contributed by atoms with E-state index in [1.165, 1.54) is 6.33 Å². The van der Waals surface area contributed by atoms with Crippen molar-refractivity contribution in [1.29, 1.82) is 0 Å². The number of carbonyl (C=O) groups is 1. The molecule has 0 amide bonds. The van der Waals surface area contributed by atoms with E-state index in [1.807, 2.05) is 30.3 Å². The number of rotatable bonds is 5. The van der Waals surface area contributed by atoms with Crippen LogP contribution in [0.3, 0.4) is 0 Å². The molecule has 0 bridgehead atoms. The summed E-state index contributed by atoms with van der Waals surface area (Å²) < 4.78 is 0. The van der Waals surface area contributed by atoms with Gasteiger partial charge < -0.3 is 15.3 Å². The average Bonchev–Trinajstić information content (AvgIpc) is 2.39. The van der Waals surface area contributed by atoms with E-state index in [0.29, 0.717) is 11.6 Å². The summed E-state index contributed by atoms with van der Waals surface area (Å²) in [4.78, 5) is 20.3. The molecule has 19 heavy (non-hydrogen) atoms. The minimum Gasteiger partial charge on any atom is -0.480 e. The van der Waals surface area contributed by atoms with Crippen molar-refractivity contribution in [1.82, 2.24) is 9.97 Å². The van der Waals surface area contributed by atoms with Crippen molar-refractivity contribution in [2.75, 3.05) is 23.8 Å². The lowest BCUT2D eigenvalue weighted by atomic mass is 10.3. The van der Waals surface area contributed by atoms with Gasteiger partial charge in [0, 0.05) is 18.8 Å². The Balaban J connectivity index is 2.13. The lowest BCUT2D eigenvalue weighted by Gasteiger charge is -2.16. The molecule has 1 aromatic carbocycles. The molecule has 2 aromatic rings. The van der Waals surface area contributed by atoms with E-state index >= 15 is 0 Å². The van der Waals surface area contributed by atoms with Crippen LogP contribution in [-0.4, -0.2) is 34.6 Å². The predicted molar refractivity (Wildman–Crippen MR) is 72.7 cm³/mol. The van der Waals surface area contributed by atoms with E-state index in [1.54, 1.807) is 18.0 Å². The summed E-state index contributed by atoms with van der Waals surface area (Å²) in [7, 11) is 1.67. The van der Waals surface area contributed by atoms with E-state index in [9.17, 15) is 4.79 Å². The van der Waals surface area contributed by atoms with Gasteiger partial charge in [0.2, 0.25) is 0 Å². The maximum atomic E-state index is 10.7. The third kappa shape index (κ3) is 3.67. The lowest BCUT2D eigenvalue weighted by molar-refractivity contribution is -0.135. The molecule has 0 aliphatic heterocycles. The first-order valence-electron chi connectivity index (χ1n) is 5.72. The molecular formula is C13H14N4O2. The van der Waals surface area contributed by atoms with Crippen molar-refractivity contribution >= 4 is 23.3 Å². The van der Waals surface area contributed by atoms with Crippen LogP contribution in [0, 0.1) is 0 Å². The average molecular weight is 258 g/mol. The number of para-hydroxylation sites is 1. The van der Waals surface area contributed by atoms with Gasteiger partial charge in [-0.1, -0.05) is 18.2 Å². The van der Waals surface area contributed by atoms with E-state index in [2.05, 4.69) is 15.3 Å². The smallest absolute Gasteiger partial charge is 0.323 e. The van der Waals surface area contributed by atoms with E-state index in [0.717, 1.165) is 5.69 Å². The van der Waals surface area contributed by atoms with E-state index < -0.39 is 5.97 Å². The van der Waals surface area contributed by atoms with Gasteiger partial charge in [-0.2, -0.15) is 0 Å². The van der Waals surface area contributed by atoms with Crippen LogP contribution in [0.5, 0.6) is 0 Å². The second kappa shape index (κ2) is 5.81. The van der Waals surface area contributed by atoms with Gasteiger partial charge in [-0.25, -0.2) is 9.97 Å². The number of likely N-dealkylation sites (N-methyl/N-ethyl adjacent to an activating group) is 1. The fraction of sp³-hybridized carbons (Fsp3) is 0.154. The summed E-state index contributed by atoms with van der Waals surface area (Å²) in [5.74, 6) is 0.267. The molecule has 0 aliphatic carbocycles. The minimum atomic E-state index is -0.904. The van der Waals surface area contributed by atoms with Crippen LogP contribution in [0.25, 0.3) is 0 Å². The summed E-state index contributed by atoms with van der Waals surface area (Å²) in [6.45, 7) is -0.109. The SMILES string of the molecule is CN(CC(=O)O)c1cc(Nc2ccccc2)ncn1. The molecule has 2 rings (SSSR count). The summed E-state index contributed by atoms with van der Waals surface area (Å²) in [5.41, 5.74) is 0.910. The van der Waals surface area contributed by atoms with Crippen LogP contribution < -0.4 is 10.2 Å².